The van der Waals surface area contributed by atoms with Gasteiger partial charge < -0.3 is 14.2 Å². The van der Waals surface area contributed by atoms with Gasteiger partial charge in [-0.1, -0.05) is 0 Å². The van der Waals surface area contributed by atoms with E-state index in [0.29, 0.717) is 0 Å². The maximum Gasteiger partial charge on any atom is 0.204 e. The molecule has 0 fully saturated rings. The Balaban J connectivity index is 2.78. The quantitative estimate of drug-likeness (QED) is 0.772. The van der Waals surface area contributed by atoms with Crippen molar-refractivity contribution < 1.29 is 23.0 Å². The van der Waals surface area contributed by atoms with Crippen molar-refractivity contribution in [2.45, 2.75) is 20.0 Å². The lowest BCUT2D eigenvalue weighted by Gasteiger charge is -2.13. The van der Waals surface area contributed by atoms with Gasteiger partial charge in [0.15, 0.2) is 11.5 Å². The van der Waals surface area contributed by atoms with Gasteiger partial charge in [-0.25, -0.2) is 0 Å². The molecule has 3 nitrogen and oxygen atoms in total. The van der Waals surface area contributed by atoms with E-state index < -0.39 is 11.6 Å². The minimum absolute atomic E-state index is 0.114. The van der Waals surface area contributed by atoms with Gasteiger partial charge >= 0.3 is 0 Å². The Bertz CT molecular complexity index is 369. The number of halogens is 2. The van der Waals surface area contributed by atoms with E-state index >= 15 is 0 Å². The van der Waals surface area contributed by atoms with E-state index in [-0.39, 0.29) is 30.8 Å². The predicted octanol–water partition coefficient (Wildman–Crippen LogP) is 2.78. The highest BCUT2D eigenvalue weighted by molar-refractivity contribution is 5.35. The standard InChI is InChI=1S/C12H16F2O3/c1-4-16-9-5-6-10(12(14)11(9)13)17-7-8(2)15-3/h5-6,8H,4,7H2,1-3H3. The Labute approximate surface area is 99.3 Å². The van der Waals surface area contributed by atoms with Crippen LogP contribution >= 0.6 is 0 Å². The Morgan fingerprint density at radius 1 is 1.12 bits per heavy atom. The first kappa shape index (κ1) is 13.7. The van der Waals surface area contributed by atoms with Gasteiger partial charge in [0.25, 0.3) is 0 Å². The predicted molar refractivity (Wildman–Crippen MR) is 59.5 cm³/mol. The van der Waals surface area contributed by atoms with Crippen LogP contribution in [0.3, 0.4) is 0 Å². The van der Waals surface area contributed by atoms with Crippen LogP contribution in [-0.2, 0) is 4.74 Å². The summed E-state index contributed by atoms with van der Waals surface area (Å²) in [6, 6.07) is 2.68. The van der Waals surface area contributed by atoms with Crippen molar-refractivity contribution in [2.75, 3.05) is 20.3 Å². The molecule has 5 heteroatoms. The third-order valence-electron chi connectivity index (χ3n) is 2.19. The summed E-state index contributed by atoms with van der Waals surface area (Å²) in [6.45, 7) is 3.89. The van der Waals surface area contributed by atoms with Crippen molar-refractivity contribution in [3.05, 3.63) is 23.8 Å². The number of hydrogen-bond acceptors (Lipinski definition) is 3. The first-order chi connectivity index (χ1) is 8.10. The van der Waals surface area contributed by atoms with Crippen molar-refractivity contribution in [3.8, 4) is 11.5 Å². The molecule has 1 aromatic carbocycles. The van der Waals surface area contributed by atoms with Crippen molar-refractivity contribution >= 4 is 0 Å². The molecule has 0 amide bonds. The second kappa shape index (κ2) is 6.39. The third-order valence-corrected chi connectivity index (χ3v) is 2.19. The number of benzene rings is 1. The van der Waals surface area contributed by atoms with E-state index in [9.17, 15) is 8.78 Å². The Morgan fingerprint density at radius 3 is 2.12 bits per heavy atom. The minimum Gasteiger partial charge on any atom is -0.491 e. The monoisotopic (exact) mass is 246 g/mol. The molecule has 0 aromatic heterocycles. The summed E-state index contributed by atoms with van der Waals surface area (Å²) < 4.78 is 41.9. The Hall–Kier alpha value is -1.36. The van der Waals surface area contributed by atoms with E-state index in [2.05, 4.69) is 0 Å². The van der Waals surface area contributed by atoms with Gasteiger partial charge in [-0.15, -0.1) is 0 Å². The molecular formula is C12H16F2O3. The van der Waals surface area contributed by atoms with Gasteiger partial charge in [0.05, 0.1) is 12.7 Å². The SMILES string of the molecule is CCOc1ccc(OCC(C)OC)c(F)c1F. The largest absolute Gasteiger partial charge is 0.491 e. The Kier molecular flexibility index (Phi) is 5.15. The molecule has 1 aromatic rings. The van der Waals surface area contributed by atoms with Gasteiger partial charge in [0.2, 0.25) is 11.6 Å². The third kappa shape index (κ3) is 3.56. The van der Waals surface area contributed by atoms with Crippen LogP contribution in [0.4, 0.5) is 8.78 Å². The maximum absolute atomic E-state index is 13.5. The molecule has 1 rings (SSSR count). The minimum atomic E-state index is -1.04. The van der Waals surface area contributed by atoms with Crippen molar-refractivity contribution in [3.63, 3.8) is 0 Å². The van der Waals surface area contributed by atoms with Gasteiger partial charge in [-0.05, 0) is 26.0 Å². The average Bonchev–Trinajstić information content (AvgIpc) is 2.34. The molecular weight excluding hydrogens is 230 g/mol. The van der Waals surface area contributed by atoms with Gasteiger partial charge in [0.1, 0.15) is 6.61 Å². The van der Waals surface area contributed by atoms with Crippen LogP contribution in [-0.4, -0.2) is 26.4 Å². The highest BCUT2D eigenvalue weighted by Gasteiger charge is 2.15. The summed E-state index contributed by atoms with van der Waals surface area (Å²) in [6.07, 6.45) is -0.191. The number of methoxy groups -OCH3 is 1. The molecule has 0 aliphatic carbocycles. The highest BCUT2D eigenvalue weighted by atomic mass is 19.2. The van der Waals surface area contributed by atoms with Gasteiger partial charge in [-0.2, -0.15) is 8.78 Å². The topological polar surface area (TPSA) is 27.7 Å². The van der Waals surface area contributed by atoms with Gasteiger partial charge in [0, 0.05) is 7.11 Å². The van der Waals surface area contributed by atoms with E-state index in [4.69, 9.17) is 14.2 Å². The summed E-state index contributed by atoms with van der Waals surface area (Å²) >= 11 is 0. The Morgan fingerprint density at radius 2 is 1.65 bits per heavy atom. The van der Waals surface area contributed by atoms with Crippen LogP contribution < -0.4 is 9.47 Å². The fraction of sp³-hybridized carbons (Fsp3) is 0.500. The van der Waals surface area contributed by atoms with E-state index in [1.54, 1.807) is 13.8 Å². The first-order valence-corrected chi connectivity index (χ1v) is 5.36. The van der Waals surface area contributed by atoms with Crippen LogP contribution in [0, 0.1) is 11.6 Å². The average molecular weight is 246 g/mol. The molecule has 0 N–H and O–H groups in total. The van der Waals surface area contributed by atoms with Gasteiger partial charge in [-0.3, -0.25) is 0 Å². The molecule has 96 valence electrons. The lowest BCUT2D eigenvalue weighted by molar-refractivity contribution is 0.0698. The molecule has 17 heavy (non-hydrogen) atoms. The van der Waals surface area contributed by atoms with Crippen molar-refractivity contribution in [2.24, 2.45) is 0 Å². The van der Waals surface area contributed by atoms with Crippen LogP contribution in [0.5, 0.6) is 11.5 Å². The van der Waals surface area contributed by atoms with Crippen molar-refractivity contribution in [1.82, 2.24) is 0 Å². The van der Waals surface area contributed by atoms with E-state index in [0.717, 1.165) is 0 Å². The summed E-state index contributed by atoms with van der Waals surface area (Å²) in [4.78, 5) is 0. The lowest BCUT2D eigenvalue weighted by Crippen LogP contribution is -2.16. The fourth-order valence-corrected chi connectivity index (χ4v) is 1.17. The maximum atomic E-state index is 13.5. The highest BCUT2D eigenvalue weighted by Crippen LogP contribution is 2.27. The second-order valence-electron chi connectivity index (χ2n) is 3.48. The molecule has 0 aliphatic rings. The molecule has 0 heterocycles. The normalized spacial score (nSPS) is 12.3. The number of rotatable bonds is 6. The van der Waals surface area contributed by atoms with Crippen LogP contribution in [0.15, 0.2) is 12.1 Å². The lowest BCUT2D eigenvalue weighted by atomic mass is 10.3. The molecule has 0 spiro atoms. The zero-order chi connectivity index (χ0) is 12.8. The number of ether oxygens (including phenoxy) is 3. The van der Waals surface area contributed by atoms with Crippen LogP contribution in [0.1, 0.15) is 13.8 Å². The molecule has 0 saturated carbocycles. The smallest absolute Gasteiger partial charge is 0.204 e. The fourth-order valence-electron chi connectivity index (χ4n) is 1.17. The molecule has 1 atom stereocenters. The second-order valence-corrected chi connectivity index (χ2v) is 3.48. The zero-order valence-electron chi connectivity index (χ0n) is 10.1. The van der Waals surface area contributed by atoms with Crippen LogP contribution in [0.2, 0.25) is 0 Å². The van der Waals surface area contributed by atoms with Crippen LogP contribution in [0.25, 0.3) is 0 Å². The summed E-state index contributed by atoms with van der Waals surface area (Å²) in [5.41, 5.74) is 0. The summed E-state index contributed by atoms with van der Waals surface area (Å²) in [7, 11) is 1.52. The number of hydrogen-bond donors (Lipinski definition) is 0. The molecule has 0 aliphatic heterocycles. The first-order valence-electron chi connectivity index (χ1n) is 5.36. The molecule has 0 saturated heterocycles. The van der Waals surface area contributed by atoms with Crippen molar-refractivity contribution in [1.29, 1.82) is 0 Å². The summed E-state index contributed by atoms with van der Waals surface area (Å²) in [5.74, 6) is -2.33. The molecule has 0 bridgehead atoms. The van der Waals surface area contributed by atoms with E-state index in [1.807, 2.05) is 0 Å². The molecule has 1 unspecified atom stereocenters. The zero-order valence-corrected chi connectivity index (χ0v) is 10.1. The molecule has 0 radical (unpaired) electrons. The summed E-state index contributed by atoms with van der Waals surface area (Å²) in [5, 5.41) is 0. The van der Waals surface area contributed by atoms with E-state index in [1.165, 1.54) is 19.2 Å².